The average molecular weight is 356 g/mol. The summed E-state index contributed by atoms with van der Waals surface area (Å²) in [4.78, 5) is 10.4. The molecule has 0 aliphatic carbocycles. The molecular weight excluding hydrogens is 337 g/mol. The van der Waals surface area contributed by atoms with E-state index in [-0.39, 0.29) is 0 Å². The van der Waals surface area contributed by atoms with Gasteiger partial charge in [0.1, 0.15) is 0 Å². The molecule has 124 valence electrons. The normalized spacial score (nSPS) is 11.6. The fourth-order valence-corrected chi connectivity index (χ4v) is 2.41. The van der Waals surface area contributed by atoms with Crippen molar-refractivity contribution in [1.29, 1.82) is 0 Å². The van der Waals surface area contributed by atoms with Crippen LogP contribution in [0.5, 0.6) is 0 Å². The zero-order chi connectivity index (χ0) is 16.8. The van der Waals surface area contributed by atoms with E-state index < -0.39 is 0 Å². The number of hydrogen-bond donors (Lipinski definition) is 1. The summed E-state index contributed by atoms with van der Waals surface area (Å²) in [6.45, 7) is 3.11. The van der Waals surface area contributed by atoms with E-state index in [9.17, 15) is 0 Å². The second-order valence-electron chi connectivity index (χ2n) is 5.06. The molecule has 0 atom stereocenters. The minimum atomic E-state index is 0.548. The third-order valence-electron chi connectivity index (χ3n) is 3.17. The van der Waals surface area contributed by atoms with Gasteiger partial charge in [0.05, 0.1) is 10.0 Å². The van der Waals surface area contributed by atoms with E-state index in [0.717, 1.165) is 11.5 Å². The second-order valence-corrected chi connectivity index (χ2v) is 5.88. The Morgan fingerprint density at radius 3 is 2.74 bits per heavy atom. The van der Waals surface area contributed by atoms with Gasteiger partial charge in [-0.05, 0) is 24.6 Å². The molecule has 0 unspecified atom stereocenters. The van der Waals surface area contributed by atoms with E-state index in [4.69, 9.17) is 27.7 Å². The van der Waals surface area contributed by atoms with Crippen LogP contribution in [-0.2, 0) is 13.0 Å². The molecule has 1 aromatic heterocycles. The third-order valence-corrected chi connectivity index (χ3v) is 3.91. The summed E-state index contributed by atoms with van der Waals surface area (Å²) >= 11 is 12.0. The van der Waals surface area contributed by atoms with Gasteiger partial charge in [0.25, 0.3) is 0 Å². The van der Waals surface area contributed by atoms with Crippen molar-refractivity contribution in [1.82, 2.24) is 20.4 Å². The van der Waals surface area contributed by atoms with Gasteiger partial charge in [-0.2, -0.15) is 4.98 Å². The fraction of sp³-hybridized carbons (Fsp3) is 0.400. The van der Waals surface area contributed by atoms with E-state index in [1.807, 2.05) is 24.1 Å². The van der Waals surface area contributed by atoms with Gasteiger partial charge >= 0.3 is 0 Å². The van der Waals surface area contributed by atoms with Crippen molar-refractivity contribution in [3.63, 3.8) is 0 Å². The first-order valence-electron chi connectivity index (χ1n) is 7.14. The van der Waals surface area contributed by atoms with Crippen LogP contribution in [0.1, 0.15) is 17.3 Å². The van der Waals surface area contributed by atoms with Crippen LogP contribution in [0.2, 0.25) is 10.0 Å². The van der Waals surface area contributed by atoms with Crippen molar-refractivity contribution >= 4 is 29.2 Å². The summed E-state index contributed by atoms with van der Waals surface area (Å²) in [5, 5.41) is 8.12. The third kappa shape index (κ3) is 5.11. The summed E-state index contributed by atoms with van der Waals surface area (Å²) in [5.74, 6) is 2.02. The second kappa shape index (κ2) is 8.17. The van der Waals surface area contributed by atoms with E-state index >= 15 is 0 Å². The Labute approximate surface area is 145 Å². The first-order chi connectivity index (χ1) is 11.0. The Bertz CT molecular complexity index is 686. The average Bonchev–Trinajstić information content (AvgIpc) is 2.93. The maximum absolute atomic E-state index is 6.04. The zero-order valence-corrected chi connectivity index (χ0v) is 14.8. The van der Waals surface area contributed by atoms with Crippen LogP contribution in [0.4, 0.5) is 0 Å². The largest absolute Gasteiger partial charge is 0.356 e. The van der Waals surface area contributed by atoms with E-state index in [1.165, 1.54) is 0 Å². The molecule has 0 spiro atoms. The Kier molecular flexibility index (Phi) is 6.24. The molecule has 6 nitrogen and oxygen atoms in total. The minimum absolute atomic E-state index is 0.548. The van der Waals surface area contributed by atoms with Gasteiger partial charge in [-0.3, -0.25) is 4.99 Å². The Hall–Kier alpha value is -1.79. The number of rotatable bonds is 5. The molecule has 8 heteroatoms. The molecule has 0 bridgehead atoms. The molecule has 0 fully saturated rings. The monoisotopic (exact) mass is 355 g/mol. The van der Waals surface area contributed by atoms with Crippen LogP contribution in [0.3, 0.4) is 0 Å². The first-order valence-corrected chi connectivity index (χ1v) is 7.90. The summed E-state index contributed by atoms with van der Waals surface area (Å²) < 4.78 is 5.08. The highest BCUT2D eigenvalue weighted by molar-refractivity contribution is 6.42. The van der Waals surface area contributed by atoms with Gasteiger partial charge in [-0.15, -0.1) is 0 Å². The Morgan fingerprint density at radius 2 is 2.13 bits per heavy atom. The highest BCUT2D eigenvalue weighted by atomic mass is 35.5. The summed E-state index contributed by atoms with van der Waals surface area (Å²) in [7, 11) is 3.69. The van der Waals surface area contributed by atoms with Gasteiger partial charge in [-0.1, -0.05) is 34.4 Å². The van der Waals surface area contributed by atoms with Crippen molar-refractivity contribution in [2.45, 2.75) is 19.9 Å². The number of hydrogen-bond acceptors (Lipinski definition) is 4. The molecule has 0 amide bonds. The topological polar surface area (TPSA) is 66.5 Å². The maximum Gasteiger partial charge on any atom is 0.228 e. The highest BCUT2D eigenvalue weighted by Gasteiger charge is 2.09. The van der Waals surface area contributed by atoms with Crippen LogP contribution in [0, 0.1) is 6.92 Å². The number of aliphatic imine (C=N–C) groups is 1. The predicted octanol–water partition coefficient (Wildman–Crippen LogP) is 2.93. The van der Waals surface area contributed by atoms with Crippen LogP contribution in [0.25, 0.3) is 0 Å². The smallest absolute Gasteiger partial charge is 0.228 e. The molecular formula is C15H19Cl2N5O. The molecule has 0 aliphatic rings. The standard InChI is InChI=1S/C15H19Cl2N5O/c1-10-20-14(23-21-10)6-7-19-15(18-2)22(3)9-11-4-5-12(16)13(17)8-11/h4-5,8H,6-7,9H2,1-3H3,(H,18,19). The van der Waals surface area contributed by atoms with Crippen molar-refractivity contribution in [3.8, 4) is 0 Å². The molecule has 2 aromatic rings. The highest BCUT2D eigenvalue weighted by Crippen LogP contribution is 2.23. The van der Waals surface area contributed by atoms with E-state index in [2.05, 4.69) is 20.4 Å². The van der Waals surface area contributed by atoms with Gasteiger partial charge in [-0.25, -0.2) is 0 Å². The number of benzene rings is 1. The van der Waals surface area contributed by atoms with Crippen LogP contribution in [0.15, 0.2) is 27.7 Å². The van der Waals surface area contributed by atoms with Gasteiger partial charge in [0.15, 0.2) is 11.8 Å². The fourth-order valence-electron chi connectivity index (χ4n) is 2.09. The first kappa shape index (κ1) is 17.6. The minimum Gasteiger partial charge on any atom is -0.356 e. The lowest BCUT2D eigenvalue weighted by Crippen LogP contribution is -2.39. The lowest BCUT2D eigenvalue weighted by Gasteiger charge is -2.22. The summed E-state index contributed by atoms with van der Waals surface area (Å²) in [6.07, 6.45) is 0.639. The number of aromatic nitrogens is 2. The van der Waals surface area contributed by atoms with Gasteiger partial charge in [0, 0.05) is 33.6 Å². The molecule has 2 rings (SSSR count). The predicted molar refractivity (Wildman–Crippen MR) is 92.0 cm³/mol. The number of aryl methyl sites for hydroxylation is 1. The summed E-state index contributed by atoms with van der Waals surface area (Å²) in [5.41, 5.74) is 1.05. The number of halogens is 2. The molecule has 1 N–H and O–H groups in total. The Morgan fingerprint density at radius 1 is 1.35 bits per heavy atom. The van der Waals surface area contributed by atoms with Gasteiger partial charge in [0.2, 0.25) is 5.89 Å². The van der Waals surface area contributed by atoms with Crippen LogP contribution >= 0.6 is 23.2 Å². The van der Waals surface area contributed by atoms with Gasteiger partial charge < -0.3 is 14.7 Å². The van der Waals surface area contributed by atoms with Crippen molar-refractivity contribution < 1.29 is 4.52 Å². The number of guanidine groups is 1. The SMILES string of the molecule is CN=C(NCCc1nc(C)no1)N(C)Cc1ccc(Cl)c(Cl)c1. The Balaban J connectivity index is 1.88. The molecule has 1 aromatic carbocycles. The summed E-state index contributed by atoms with van der Waals surface area (Å²) in [6, 6.07) is 5.59. The maximum atomic E-state index is 6.04. The molecule has 0 saturated heterocycles. The molecule has 0 saturated carbocycles. The van der Waals surface area contributed by atoms with E-state index in [0.29, 0.717) is 41.3 Å². The number of nitrogens with zero attached hydrogens (tertiary/aromatic N) is 4. The van der Waals surface area contributed by atoms with Crippen molar-refractivity contribution in [2.24, 2.45) is 4.99 Å². The molecule has 23 heavy (non-hydrogen) atoms. The molecule has 0 aliphatic heterocycles. The van der Waals surface area contributed by atoms with Crippen molar-refractivity contribution in [3.05, 3.63) is 45.5 Å². The molecule has 1 heterocycles. The van der Waals surface area contributed by atoms with E-state index in [1.54, 1.807) is 20.0 Å². The zero-order valence-electron chi connectivity index (χ0n) is 13.3. The van der Waals surface area contributed by atoms with Crippen LogP contribution < -0.4 is 5.32 Å². The lowest BCUT2D eigenvalue weighted by molar-refractivity contribution is 0.373. The quantitative estimate of drug-likeness (QED) is 0.659. The van der Waals surface area contributed by atoms with Crippen LogP contribution in [-0.4, -0.2) is 41.6 Å². The molecule has 0 radical (unpaired) electrons. The lowest BCUT2D eigenvalue weighted by atomic mass is 10.2. The van der Waals surface area contributed by atoms with Crippen molar-refractivity contribution in [2.75, 3.05) is 20.6 Å². The number of nitrogens with one attached hydrogen (secondary N) is 1.